The van der Waals surface area contributed by atoms with E-state index in [0.29, 0.717) is 37.9 Å². The molecule has 0 N–H and O–H groups in total. The minimum absolute atomic E-state index is 0.0922. The molecule has 0 atom stereocenters. The summed E-state index contributed by atoms with van der Waals surface area (Å²) in [4.78, 5) is 30.4. The van der Waals surface area contributed by atoms with Gasteiger partial charge in [0.05, 0.1) is 34.0 Å². The summed E-state index contributed by atoms with van der Waals surface area (Å²) in [6.45, 7) is 0. The van der Waals surface area contributed by atoms with Crippen molar-refractivity contribution in [3.63, 3.8) is 0 Å². The number of Topliss-reactive ketones (excluding diaryl/α,β-unsaturated/α-hetero) is 1. The Labute approximate surface area is 181 Å². The largest absolute Gasteiger partial charge is 0.293 e. The van der Waals surface area contributed by atoms with Crippen molar-refractivity contribution in [2.24, 2.45) is 0 Å². The first-order valence-electron chi connectivity index (χ1n) is 9.01. The van der Waals surface area contributed by atoms with E-state index in [1.807, 2.05) is 6.07 Å². The van der Waals surface area contributed by atoms with E-state index in [-0.39, 0.29) is 17.1 Å². The molecule has 146 valence electrons. The smallest absolute Gasteiger partial charge is 0.266 e. The number of aromatic nitrogens is 2. The molecule has 30 heavy (non-hydrogen) atoms. The van der Waals surface area contributed by atoms with Crippen LogP contribution in [0.15, 0.2) is 82.7 Å². The molecule has 7 heteroatoms. The zero-order chi connectivity index (χ0) is 21.1. The number of para-hydroxylation sites is 1. The summed E-state index contributed by atoms with van der Waals surface area (Å²) >= 11 is 7.08. The van der Waals surface area contributed by atoms with Gasteiger partial charge in [-0.25, -0.2) is 4.98 Å². The fourth-order valence-corrected chi connectivity index (χ4v) is 4.00. The Morgan fingerprint density at radius 3 is 2.43 bits per heavy atom. The third kappa shape index (κ3) is 3.99. The number of nitrogens with zero attached hydrogens (tertiary/aromatic N) is 3. The third-order valence-corrected chi connectivity index (χ3v) is 5.69. The van der Waals surface area contributed by atoms with Gasteiger partial charge in [-0.05, 0) is 60.7 Å². The molecule has 0 saturated carbocycles. The molecule has 0 amide bonds. The molecule has 5 nitrogen and oxygen atoms in total. The SMILES string of the molecule is N#Cc1ccc(-n2c(SCC(=O)c3ccc(Cl)cc3)nc3ccccc3c2=O)cc1. The van der Waals surface area contributed by atoms with Gasteiger partial charge in [0.2, 0.25) is 0 Å². The van der Waals surface area contributed by atoms with Crippen molar-refractivity contribution in [1.82, 2.24) is 9.55 Å². The van der Waals surface area contributed by atoms with Crippen molar-refractivity contribution in [3.8, 4) is 11.8 Å². The van der Waals surface area contributed by atoms with E-state index in [0.717, 1.165) is 0 Å². The molecule has 3 aromatic carbocycles. The Hall–Kier alpha value is -3.40. The van der Waals surface area contributed by atoms with Gasteiger partial charge >= 0.3 is 0 Å². The zero-order valence-corrected chi connectivity index (χ0v) is 17.2. The van der Waals surface area contributed by atoms with E-state index in [4.69, 9.17) is 16.9 Å². The number of nitriles is 1. The first-order chi connectivity index (χ1) is 14.6. The first-order valence-corrected chi connectivity index (χ1v) is 10.4. The summed E-state index contributed by atoms with van der Waals surface area (Å²) in [5.74, 6) is 0.0216. The molecule has 1 aromatic heterocycles. The zero-order valence-electron chi connectivity index (χ0n) is 15.6. The summed E-state index contributed by atoms with van der Waals surface area (Å²) in [7, 11) is 0. The average molecular weight is 432 g/mol. The van der Waals surface area contributed by atoms with Crippen LogP contribution in [0.1, 0.15) is 15.9 Å². The second-order valence-electron chi connectivity index (χ2n) is 6.43. The van der Waals surface area contributed by atoms with Crippen molar-refractivity contribution in [2.75, 3.05) is 5.75 Å². The van der Waals surface area contributed by atoms with Gasteiger partial charge in [0, 0.05) is 10.6 Å². The lowest BCUT2D eigenvalue weighted by molar-refractivity contribution is 0.102. The quantitative estimate of drug-likeness (QED) is 0.255. The number of ketones is 1. The Morgan fingerprint density at radius 1 is 1.03 bits per heavy atom. The third-order valence-electron chi connectivity index (χ3n) is 4.50. The van der Waals surface area contributed by atoms with Crippen LogP contribution in [0.2, 0.25) is 5.02 Å². The van der Waals surface area contributed by atoms with E-state index in [2.05, 4.69) is 11.1 Å². The van der Waals surface area contributed by atoms with Crippen LogP contribution in [-0.2, 0) is 0 Å². The van der Waals surface area contributed by atoms with Crippen LogP contribution < -0.4 is 5.56 Å². The number of benzene rings is 3. The van der Waals surface area contributed by atoms with E-state index < -0.39 is 0 Å². The maximum atomic E-state index is 13.2. The fourth-order valence-electron chi connectivity index (χ4n) is 2.97. The number of thioether (sulfide) groups is 1. The van der Waals surface area contributed by atoms with Gasteiger partial charge in [-0.3, -0.25) is 14.2 Å². The molecule has 0 aliphatic carbocycles. The molecular formula is C23H14ClN3O2S. The minimum Gasteiger partial charge on any atom is -0.293 e. The lowest BCUT2D eigenvalue weighted by Crippen LogP contribution is -2.22. The molecule has 0 spiro atoms. The molecule has 0 aliphatic heterocycles. The van der Waals surface area contributed by atoms with Crippen LogP contribution >= 0.6 is 23.4 Å². The topological polar surface area (TPSA) is 75.8 Å². The number of rotatable bonds is 5. The summed E-state index contributed by atoms with van der Waals surface area (Å²) in [5, 5.41) is 10.5. The predicted molar refractivity (Wildman–Crippen MR) is 119 cm³/mol. The molecule has 0 radical (unpaired) electrons. The molecule has 0 unspecified atom stereocenters. The molecule has 0 saturated heterocycles. The Morgan fingerprint density at radius 2 is 1.73 bits per heavy atom. The van der Waals surface area contributed by atoms with E-state index >= 15 is 0 Å². The standard InChI is InChI=1S/C23H14ClN3O2S/c24-17-9-7-16(8-10-17)21(28)14-30-23-26-20-4-2-1-3-19(20)22(29)27(23)18-11-5-15(13-25)6-12-18/h1-12H,14H2. The summed E-state index contributed by atoms with van der Waals surface area (Å²) in [6, 6.07) is 22.5. The Kier molecular flexibility index (Phi) is 5.66. The molecule has 4 aromatic rings. The van der Waals surface area contributed by atoms with E-state index in [1.54, 1.807) is 66.7 Å². The van der Waals surface area contributed by atoms with Crippen molar-refractivity contribution in [1.29, 1.82) is 5.26 Å². The number of fused-ring (bicyclic) bond motifs is 1. The van der Waals surface area contributed by atoms with E-state index in [9.17, 15) is 9.59 Å². The normalized spacial score (nSPS) is 10.7. The second-order valence-corrected chi connectivity index (χ2v) is 7.81. The molecule has 1 heterocycles. The number of halogens is 1. The van der Waals surface area contributed by atoms with Crippen molar-refractivity contribution in [3.05, 3.63) is 99.3 Å². The van der Waals surface area contributed by atoms with Gasteiger partial charge in [0.1, 0.15) is 0 Å². The van der Waals surface area contributed by atoms with Crippen LogP contribution in [-0.4, -0.2) is 21.1 Å². The summed E-state index contributed by atoms with van der Waals surface area (Å²) < 4.78 is 1.48. The minimum atomic E-state index is -0.230. The molecule has 0 bridgehead atoms. The Balaban J connectivity index is 1.75. The van der Waals surface area contributed by atoms with E-state index in [1.165, 1.54) is 16.3 Å². The summed E-state index contributed by atoms with van der Waals surface area (Å²) in [5.41, 5.74) is 1.95. The fraction of sp³-hybridized carbons (Fsp3) is 0.0435. The van der Waals surface area contributed by atoms with Crippen LogP contribution in [0.25, 0.3) is 16.6 Å². The van der Waals surface area contributed by atoms with Crippen LogP contribution in [0.4, 0.5) is 0 Å². The highest BCUT2D eigenvalue weighted by Crippen LogP contribution is 2.23. The highest BCUT2D eigenvalue weighted by molar-refractivity contribution is 7.99. The lowest BCUT2D eigenvalue weighted by Gasteiger charge is -2.13. The number of hydrogen-bond donors (Lipinski definition) is 0. The van der Waals surface area contributed by atoms with Gasteiger partial charge < -0.3 is 0 Å². The lowest BCUT2D eigenvalue weighted by atomic mass is 10.1. The van der Waals surface area contributed by atoms with Crippen LogP contribution in [0.5, 0.6) is 0 Å². The molecular weight excluding hydrogens is 418 g/mol. The predicted octanol–water partition coefficient (Wildman–Crippen LogP) is 4.89. The maximum Gasteiger partial charge on any atom is 0.266 e. The van der Waals surface area contributed by atoms with Gasteiger partial charge in [-0.1, -0.05) is 35.5 Å². The second kappa shape index (κ2) is 8.54. The van der Waals surface area contributed by atoms with Gasteiger partial charge in [0.15, 0.2) is 10.9 Å². The highest BCUT2D eigenvalue weighted by Gasteiger charge is 2.15. The monoisotopic (exact) mass is 431 g/mol. The van der Waals surface area contributed by atoms with Crippen LogP contribution in [0.3, 0.4) is 0 Å². The van der Waals surface area contributed by atoms with Crippen molar-refractivity contribution < 1.29 is 4.79 Å². The molecule has 0 aliphatic rings. The Bertz CT molecular complexity index is 1340. The van der Waals surface area contributed by atoms with Crippen molar-refractivity contribution in [2.45, 2.75) is 5.16 Å². The van der Waals surface area contributed by atoms with Gasteiger partial charge in [-0.2, -0.15) is 5.26 Å². The van der Waals surface area contributed by atoms with Crippen LogP contribution in [0, 0.1) is 11.3 Å². The van der Waals surface area contributed by atoms with Crippen molar-refractivity contribution >= 4 is 40.0 Å². The van der Waals surface area contributed by atoms with Gasteiger partial charge in [-0.15, -0.1) is 0 Å². The number of hydrogen-bond acceptors (Lipinski definition) is 5. The number of carbonyl (C=O) groups excluding carboxylic acids is 1. The highest BCUT2D eigenvalue weighted by atomic mass is 35.5. The maximum absolute atomic E-state index is 13.2. The summed E-state index contributed by atoms with van der Waals surface area (Å²) in [6.07, 6.45) is 0. The van der Waals surface area contributed by atoms with Gasteiger partial charge in [0.25, 0.3) is 5.56 Å². The number of carbonyl (C=O) groups is 1. The molecule has 4 rings (SSSR count). The first kappa shape index (κ1) is 19.9. The molecule has 0 fully saturated rings. The average Bonchev–Trinajstić information content (AvgIpc) is 2.78.